The van der Waals surface area contributed by atoms with Crippen molar-refractivity contribution in [2.24, 2.45) is 0 Å². The SMILES string of the molecule is COCCCN(C)Cc1ccc(CC(=O)O)cc1. The number of hydrogen-bond donors (Lipinski definition) is 1. The Morgan fingerprint density at radius 2 is 1.89 bits per heavy atom. The summed E-state index contributed by atoms with van der Waals surface area (Å²) in [5.74, 6) is -0.792. The lowest BCUT2D eigenvalue weighted by molar-refractivity contribution is -0.136. The molecular formula is C14H21NO3. The second-order valence-electron chi connectivity index (χ2n) is 4.47. The first kappa shape index (κ1) is 14.7. The molecule has 0 spiro atoms. The third-order valence-electron chi connectivity index (χ3n) is 2.72. The van der Waals surface area contributed by atoms with Crippen LogP contribution in [-0.4, -0.2) is 43.3 Å². The van der Waals surface area contributed by atoms with E-state index in [0.29, 0.717) is 0 Å². The number of nitrogens with zero attached hydrogens (tertiary/aromatic N) is 1. The predicted octanol–water partition coefficient (Wildman–Crippen LogP) is 1.78. The van der Waals surface area contributed by atoms with Crippen LogP contribution < -0.4 is 0 Å². The number of carboxylic acid groups (broad SMARTS) is 1. The number of rotatable bonds is 8. The summed E-state index contributed by atoms with van der Waals surface area (Å²) in [6.45, 7) is 2.64. The first-order valence-electron chi connectivity index (χ1n) is 6.09. The van der Waals surface area contributed by atoms with Gasteiger partial charge in [-0.3, -0.25) is 4.79 Å². The maximum atomic E-state index is 10.6. The van der Waals surface area contributed by atoms with E-state index in [2.05, 4.69) is 11.9 Å². The van der Waals surface area contributed by atoms with Crippen LogP contribution in [0.4, 0.5) is 0 Å². The van der Waals surface area contributed by atoms with E-state index in [1.165, 1.54) is 5.56 Å². The van der Waals surface area contributed by atoms with Crippen molar-refractivity contribution in [2.45, 2.75) is 19.4 Å². The molecule has 0 heterocycles. The minimum Gasteiger partial charge on any atom is -0.481 e. The largest absolute Gasteiger partial charge is 0.481 e. The van der Waals surface area contributed by atoms with Gasteiger partial charge in [-0.05, 0) is 24.6 Å². The lowest BCUT2D eigenvalue weighted by Crippen LogP contribution is -2.20. The molecule has 100 valence electrons. The minimum atomic E-state index is -0.792. The van der Waals surface area contributed by atoms with Crippen LogP contribution in [0.15, 0.2) is 24.3 Å². The van der Waals surface area contributed by atoms with E-state index < -0.39 is 5.97 Å². The fraction of sp³-hybridized carbons (Fsp3) is 0.500. The Hall–Kier alpha value is -1.39. The van der Waals surface area contributed by atoms with Crippen molar-refractivity contribution in [3.05, 3.63) is 35.4 Å². The summed E-state index contributed by atoms with van der Waals surface area (Å²) in [6, 6.07) is 7.75. The fourth-order valence-corrected chi connectivity index (χ4v) is 1.81. The lowest BCUT2D eigenvalue weighted by Gasteiger charge is -2.16. The van der Waals surface area contributed by atoms with E-state index in [4.69, 9.17) is 9.84 Å². The maximum absolute atomic E-state index is 10.6. The number of carbonyl (C=O) groups is 1. The smallest absolute Gasteiger partial charge is 0.307 e. The van der Waals surface area contributed by atoms with Crippen LogP contribution in [0.25, 0.3) is 0 Å². The van der Waals surface area contributed by atoms with E-state index in [-0.39, 0.29) is 6.42 Å². The van der Waals surface area contributed by atoms with E-state index in [1.54, 1.807) is 7.11 Å². The molecule has 0 saturated carbocycles. The molecule has 0 unspecified atom stereocenters. The van der Waals surface area contributed by atoms with Gasteiger partial charge >= 0.3 is 5.97 Å². The lowest BCUT2D eigenvalue weighted by atomic mass is 10.1. The van der Waals surface area contributed by atoms with Crippen LogP contribution in [0.1, 0.15) is 17.5 Å². The Balaban J connectivity index is 2.40. The highest BCUT2D eigenvalue weighted by molar-refractivity contribution is 5.70. The molecule has 0 radical (unpaired) electrons. The van der Waals surface area contributed by atoms with Crippen molar-refractivity contribution < 1.29 is 14.6 Å². The molecule has 0 aliphatic heterocycles. The van der Waals surface area contributed by atoms with Crippen molar-refractivity contribution in [3.8, 4) is 0 Å². The van der Waals surface area contributed by atoms with Gasteiger partial charge in [0.05, 0.1) is 6.42 Å². The van der Waals surface area contributed by atoms with Crippen LogP contribution in [0.5, 0.6) is 0 Å². The van der Waals surface area contributed by atoms with Crippen LogP contribution in [0, 0.1) is 0 Å². The van der Waals surface area contributed by atoms with Crippen LogP contribution >= 0.6 is 0 Å². The van der Waals surface area contributed by atoms with E-state index >= 15 is 0 Å². The van der Waals surface area contributed by atoms with Gasteiger partial charge in [-0.1, -0.05) is 24.3 Å². The van der Waals surface area contributed by atoms with Gasteiger partial charge in [0.2, 0.25) is 0 Å². The zero-order valence-electron chi connectivity index (χ0n) is 11.1. The zero-order chi connectivity index (χ0) is 13.4. The Bertz CT molecular complexity index is 362. The third-order valence-corrected chi connectivity index (χ3v) is 2.72. The Labute approximate surface area is 108 Å². The molecule has 1 aromatic rings. The van der Waals surface area contributed by atoms with Crippen LogP contribution in [0.2, 0.25) is 0 Å². The molecule has 0 aliphatic rings. The van der Waals surface area contributed by atoms with Gasteiger partial charge in [-0.2, -0.15) is 0 Å². The second-order valence-corrected chi connectivity index (χ2v) is 4.47. The first-order chi connectivity index (χ1) is 8.61. The Morgan fingerprint density at radius 3 is 2.44 bits per heavy atom. The van der Waals surface area contributed by atoms with Gasteiger partial charge in [0, 0.05) is 26.8 Å². The summed E-state index contributed by atoms with van der Waals surface area (Å²) in [5, 5.41) is 8.68. The highest BCUT2D eigenvalue weighted by Gasteiger charge is 2.02. The molecule has 18 heavy (non-hydrogen) atoms. The number of aliphatic carboxylic acids is 1. The molecule has 0 atom stereocenters. The van der Waals surface area contributed by atoms with Crippen molar-refractivity contribution in [1.82, 2.24) is 4.90 Å². The van der Waals surface area contributed by atoms with Crippen LogP contribution in [-0.2, 0) is 22.5 Å². The third kappa shape index (κ3) is 5.80. The Morgan fingerprint density at radius 1 is 1.28 bits per heavy atom. The highest BCUT2D eigenvalue weighted by atomic mass is 16.5. The molecule has 4 heteroatoms. The van der Waals surface area contributed by atoms with Gasteiger partial charge in [-0.25, -0.2) is 0 Å². The fourth-order valence-electron chi connectivity index (χ4n) is 1.81. The van der Waals surface area contributed by atoms with E-state index in [1.807, 2.05) is 24.3 Å². The molecular weight excluding hydrogens is 230 g/mol. The average Bonchev–Trinajstić information content (AvgIpc) is 2.31. The molecule has 0 amide bonds. The maximum Gasteiger partial charge on any atom is 0.307 e. The number of hydrogen-bond acceptors (Lipinski definition) is 3. The van der Waals surface area contributed by atoms with Gasteiger partial charge in [-0.15, -0.1) is 0 Å². The summed E-state index contributed by atoms with van der Waals surface area (Å²) in [5.41, 5.74) is 2.04. The second kappa shape index (κ2) is 7.84. The quantitative estimate of drug-likeness (QED) is 0.716. The standard InChI is InChI=1S/C14H21NO3/c1-15(8-3-9-18-2)11-13-6-4-12(5-7-13)10-14(16)17/h4-7H,3,8-11H2,1-2H3,(H,16,17). The molecule has 4 nitrogen and oxygen atoms in total. The van der Waals surface area contributed by atoms with E-state index in [9.17, 15) is 4.79 Å². The molecule has 0 fully saturated rings. The zero-order valence-corrected chi connectivity index (χ0v) is 11.1. The molecule has 1 N–H and O–H groups in total. The number of ether oxygens (including phenoxy) is 1. The Kier molecular flexibility index (Phi) is 6.39. The molecule has 0 saturated heterocycles. The monoisotopic (exact) mass is 251 g/mol. The average molecular weight is 251 g/mol. The summed E-state index contributed by atoms with van der Waals surface area (Å²) < 4.78 is 5.01. The van der Waals surface area contributed by atoms with Crippen molar-refractivity contribution in [1.29, 1.82) is 0 Å². The van der Waals surface area contributed by atoms with Gasteiger partial charge < -0.3 is 14.7 Å². The van der Waals surface area contributed by atoms with E-state index in [0.717, 1.165) is 31.7 Å². The normalized spacial score (nSPS) is 10.8. The molecule has 0 aliphatic carbocycles. The first-order valence-corrected chi connectivity index (χ1v) is 6.09. The summed E-state index contributed by atoms with van der Waals surface area (Å²) in [6.07, 6.45) is 1.11. The summed E-state index contributed by atoms with van der Waals surface area (Å²) >= 11 is 0. The number of methoxy groups -OCH3 is 1. The molecule has 1 aromatic carbocycles. The van der Waals surface area contributed by atoms with Crippen molar-refractivity contribution >= 4 is 5.97 Å². The van der Waals surface area contributed by atoms with Crippen LogP contribution in [0.3, 0.4) is 0 Å². The highest BCUT2D eigenvalue weighted by Crippen LogP contribution is 2.07. The number of benzene rings is 1. The topological polar surface area (TPSA) is 49.8 Å². The summed E-state index contributed by atoms with van der Waals surface area (Å²) in [4.78, 5) is 12.8. The van der Waals surface area contributed by atoms with Gasteiger partial charge in [0.1, 0.15) is 0 Å². The molecule has 0 bridgehead atoms. The van der Waals surface area contributed by atoms with Crippen molar-refractivity contribution in [3.63, 3.8) is 0 Å². The number of carboxylic acids is 1. The summed E-state index contributed by atoms with van der Waals surface area (Å²) in [7, 11) is 3.78. The van der Waals surface area contributed by atoms with Crippen molar-refractivity contribution in [2.75, 3.05) is 27.3 Å². The van der Waals surface area contributed by atoms with Gasteiger partial charge in [0.15, 0.2) is 0 Å². The molecule has 0 aromatic heterocycles. The predicted molar refractivity (Wildman–Crippen MR) is 70.6 cm³/mol. The minimum absolute atomic E-state index is 0.0873. The van der Waals surface area contributed by atoms with Gasteiger partial charge in [0.25, 0.3) is 0 Å². The molecule has 1 rings (SSSR count).